The van der Waals surface area contributed by atoms with Gasteiger partial charge >= 0.3 is 5.97 Å². The first-order chi connectivity index (χ1) is 9.99. The first-order valence-corrected chi connectivity index (χ1v) is 8.27. The summed E-state index contributed by atoms with van der Waals surface area (Å²) in [5.74, 6) is -1.31. The molecule has 1 N–H and O–H groups in total. The lowest BCUT2D eigenvalue weighted by Gasteiger charge is -2.29. The summed E-state index contributed by atoms with van der Waals surface area (Å²) in [5, 5.41) is 9.13. The molecular weight excluding hydrogens is 288 g/mol. The van der Waals surface area contributed by atoms with Crippen LogP contribution in [0.5, 0.6) is 0 Å². The van der Waals surface area contributed by atoms with Crippen molar-refractivity contribution in [1.82, 2.24) is 0 Å². The molecule has 1 atom stereocenters. The lowest BCUT2D eigenvalue weighted by atomic mass is 9.79. The average Bonchev–Trinajstić information content (AvgIpc) is 2.45. The maximum absolute atomic E-state index is 12.5. The predicted molar refractivity (Wildman–Crippen MR) is 78.3 cm³/mol. The number of carboxylic acids is 1. The monoisotopic (exact) mass is 302 g/mol. The largest absolute Gasteiger partial charge is 0.478 e. The normalized spacial score (nSPS) is 16.9. The highest BCUT2D eigenvalue weighted by Crippen LogP contribution is 2.37. The highest BCUT2D eigenvalue weighted by molar-refractivity contribution is 7.91. The quantitative estimate of drug-likeness (QED) is 0.942. The minimum Gasteiger partial charge on any atom is -0.478 e. The van der Waals surface area contributed by atoms with Gasteiger partial charge < -0.3 is 5.11 Å². The molecule has 1 unspecified atom stereocenters. The fourth-order valence-corrected chi connectivity index (χ4v) is 4.56. The number of rotatable bonds is 4. The molecule has 0 aliphatic heterocycles. The Hall–Kier alpha value is -2.14. The summed E-state index contributed by atoms with van der Waals surface area (Å²) in [4.78, 5) is 11.1. The van der Waals surface area contributed by atoms with Gasteiger partial charge in [0.05, 0.1) is 16.2 Å². The van der Waals surface area contributed by atoms with Crippen LogP contribution in [0.4, 0.5) is 0 Å². The van der Waals surface area contributed by atoms with Gasteiger partial charge in [-0.3, -0.25) is 0 Å². The second-order valence-electron chi connectivity index (χ2n) is 5.18. The molecule has 0 amide bonds. The van der Waals surface area contributed by atoms with Crippen LogP contribution in [0.3, 0.4) is 0 Å². The Balaban J connectivity index is 1.92. The number of hydrogen-bond donors (Lipinski definition) is 1. The highest BCUT2D eigenvalue weighted by Gasteiger charge is 2.32. The number of aromatic carboxylic acids is 1. The molecule has 0 saturated carbocycles. The maximum Gasteiger partial charge on any atom is 0.337 e. The third kappa shape index (κ3) is 2.45. The van der Waals surface area contributed by atoms with Crippen LogP contribution in [0, 0.1) is 0 Å². The third-order valence-electron chi connectivity index (χ3n) is 3.83. The zero-order chi connectivity index (χ0) is 15.0. The average molecular weight is 302 g/mol. The number of sulfone groups is 1. The van der Waals surface area contributed by atoms with Gasteiger partial charge in [-0.1, -0.05) is 36.4 Å². The van der Waals surface area contributed by atoms with Gasteiger partial charge in [-0.25, -0.2) is 13.2 Å². The zero-order valence-electron chi connectivity index (χ0n) is 11.2. The van der Waals surface area contributed by atoms with E-state index in [1.165, 1.54) is 23.8 Å². The molecule has 1 aliphatic rings. The molecule has 2 aromatic carbocycles. The van der Waals surface area contributed by atoms with Crippen LogP contribution in [0.2, 0.25) is 0 Å². The lowest BCUT2D eigenvalue weighted by molar-refractivity contribution is 0.0692. The summed E-state index contributed by atoms with van der Waals surface area (Å²) in [6.07, 6.45) is 0.727. The first-order valence-electron chi connectivity index (χ1n) is 6.62. The van der Waals surface area contributed by atoms with E-state index in [-0.39, 0.29) is 22.1 Å². The van der Waals surface area contributed by atoms with Gasteiger partial charge in [-0.2, -0.15) is 0 Å². The van der Waals surface area contributed by atoms with Crippen molar-refractivity contribution in [2.75, 3.05) is 5.75 Å². The van der Waals surface area contributed by atoms with Crippen molar-refractivity contribution in [3.63, 3.8) is 0 Å². The fraction of sp³-hybridized carbons (Fsp3) is 0.188. The molecule has 3 rings (SSSR count). The van der Waals surface area contributed by atoms with Gasteiger partial charge in [0, 0.05) is 5.92 Å². The topological polar surface area (TPSA) is 71.4 Å². The Labute approximate surface area is 123 Å². The Morgan fingerprint density at radius 1 is 1.10 bits per heavy atom. The Morgan fingerprint density at radius 3 is 2.48 bits per heavy atom. The number of carboxylic acid groups (broad SMARTS) is 1. The van der Waals surface area contributed by atoms with Crippen LogP contribution < -0.4 is 0 Å². The maximum atomic E-state index is 12.5. The number of fused-ring (bicyclic) bond motifs is 1. The molecule has 21 heavy (non-hydrogen) atoms. The van der Waals surface area contributed by atoms with E-state index in [0.29, 0.717) is 0 Å². The predicted octanol–water partition coefficient (Wildman–Crippen LogP) is 2.50. The number of hydrogen-bond acceptors (Lipinski definition) is 3. The molecule has 0 saturated heterocycles. The van der Waals surface area contributed by atoms with Crippen molar-refractivity contribution in [2.24, 2.45) is 0 Å². The molecule has 4 nitrogen and oxygen atoms in total. The Bertz CT molecular complexity index is 809. The number of carbonyl (C=O) groups is 1. The van der Waals surface area contributed by atoms with E-state index < -0.39 is 15.8 Å². The molecule has 0 heterocycles. The van der Waals surface area contributed by atoms with Crippen LogP contribution in [0.1, 0.15) is 27.4 Å². The fourth-order valence-electron chi connectivity index (χ4n) is 2.78. The van der Waals surface area contributed by atoms with Crippen LogP contribution in [-0.2, 0) is 16.3 Å². The number of benzene rings is 2. The molecule has 108 valence electrons. The lowest BCUT2D eigenvalue weighted by Crippen LogP contribution is -2.25. The van der Waals surface area contributed by atoms with E-state index in [1.54, 1.807) is 6.07 Å². The van der Waals surface area contributed by atoms with E-state index in [1.807, 2.05) is 24.3 Å². The van der Waals surface area contributed by atoms with Gasteiger partial charge in [-0.15, -0.1) is 0 Å². The van der Waals surface area contributed by atoms with Crippen molar-refractivity contribution >= 4 is 15.8 Å². The molecule has 0 bridgehead atoms. The van der Waals surface area contributed by atoms with Gasteiger partial charge in [0.15, 0.2) is 9.84 Å². The van der Waals surface area contributed by atoms with E-state index in [9.17, 15) is 13.2 Å². The highest BCUT2D eigenvalue weighted by atomic mass is 32.2. The van der Waals surface area contributed by atoms with E-state index >= 15 is 0 Å². The SMILES string of the molecule is O=C(O)c1ccccc1S(=O)(=O)CC1Cc2ccccc21. The molecule has 0 radical (unpaired) electrons. The molecule has 5 heteroatoms. The summed E-state index contributed by atoms with van der Waals surface area (Å²) in [5.41, 5.74) is 2.06. The summed E-state index contributed by atoms with van der Waals surface area (Å²) in [7, 11) is -3.62. The molecule has 2 aromatic rings. The third-order valence-corrected chi connectivity index (χ3v) is 5.70. The van der Waals surface area contributed by atoms with Crippen LogP contribution in [0.15, 0.2) is 53.4 Å². The van der Waals surface area contributed by atoms with Crippen LogP contribution in [0.25, 0.3) is 0 Å². The standard InChI is InChI=1S/C16H14O4S/c17-16(18)14-7-3-4-8-15(14)21(19,20)10-12-9-11-5-1-2-6-13(11)12/h1-8,12H,9-10H2,(H,17,18). The zero-order valence-corrected chi connectivity index (χ0v) is 12.0. The minimum atomic E-state index is -3.62. The van der Waals surface area contributed by atoms with Gasteiger partial charge in [0.2, 0.25) is 0 Å². The molecular formula is C16H14O4S. The smallest absolute Gasteiger partial charge is 0.337 e. The van der Waals surface area contributed by atoms with E-state index in [0.717, 1.165) is 12.0 Å². The minimum absolute atomic E-state index is 0.0473. The van der Waals surface area contributed by atoms with Gasteiger partial charge in [-0.05, 0) is 29.7 Å². The molecule has 0 aromatic heterocycles. The van der Waals surface area contributed by atoms with Crippen molar-refractivity contribution in [2.45, 2.75) is 17.2 Å². The Kier molecular flexibility index (Phi) is 3.29. The molecule has 1 aliphatic carbocycles. The second-order valence-corrected chi connectivity index (χ2v) is 7.19. The molecule has 0 fully saturated rings. The Morgan fingerprint density at radius 2 is 1.76 bits per heavy atom. The summed E-state index contributed by atoms with van der Waals surface area (Å²) in [6, 6.07) is 13.5. The summed E-state index contributed by atoms with van der Waals surface area (Å²) >= 11 is 0. The van der Waals surface area contributed by atoms with Crippen molar-refractivity contribution in [3.05, 3.63) is 65.2 Å². The summed E-state index contributed by atoms with van der Waals surface area (Å²) < 4.78 is 25.0. The first kappa shape index (κ1) is 13.8. The van der Waals surface area contributed by atoms with Crippen molar-refractivity contribution in [3.8, 4) is 0 Å². The van der Waals surface area contributed by atoms with Gasteiger partial charge in [0.1, 0.15) is 0 Å². The van der Waals surface area contributed by atoms with Crippen molar-refractivity contribution < 1.29 is 18.3 Å². The van der Waals surface area contributed by atoms with Gasteiger partial charge in [0.25, 0.3) is 0 Å². The van der Waals surface area contributed by atoms with E-state index in [2.05, 4.69) is 0 Å². The summed E-state index contributed by atoms with van der Waals surface area (Å²) in [6.45, 7) is 0. The second kappa shape index (κ2) is 5.00. The van der Waals surface area contributed by atoms with E-state index in [4.69, 9.17) is 5.11 Å². The van der Waals surface area contributed by atoms with Crippen LogP contribution >= 0.6 is 0 Å². The van der Waals surface area contributed by atoms with Crippen LogP contribution in [-0.4, -0.2) is 25.2 Å². The van der Waals surface area contributed by atoms with Crippen molar-refractivity contribution in [1.29, 1.82) is 0 Å². The molecule has 0 spiro atoms.